The third-order valence-electron chi connectivity index (χ3n) is 2.88. The summed E-state index contributed by atoms with van der Waals surface area (Å²) in [6, 6.07) is 3.65. The number of carbonyl (C=O) groups excluding carboxylic acids is 2. The number of hydrogen-bond acceptors (Lipinski definition) is 4. The maximum absolute atomic E-state index is 13.1. The van der Waals surface area contributed by atoms with Crippen molar-refractivity contribution in [1.82, 2.24) is 10.7 Å². The summed E-state index contributed by atoms with van der Waals surface area (Å²) in [6.07, 6.45) is -0.739. The zero-order valence-electron chi connectivity index (χ0n) is 10.3. The fourth-order valence-corrected chi connectivity index (χ4v) is 2.15. The van der Waals surface area contributed by atoms with Crippen molar-refractivity contribution in [2.45, 2.75) is 12.5 Å². The van der Waals surface area contributed by atoms with E-state index in [2.05, 4.69) is 16.2 Å². The lowest BCUT2D eigenvalue weighted by Crippen LogP contribution is -2.52. The van der Waals surface area contributed by atoms with Gasteiger partial charge < -0.3 is 10.4 Å². The second-order valence-electron chi connectivity index (χ2n) is 4.40. The largest absolute Gasteiger partial charge is 0.392 e. The van der Waals surface area contributed by atoms with Crippen LogP contribution in [0.15, 0.2) is 18.2 Å². The molecule has 1 fully saturated rings. The first-order valence-corrected chi connectivity index (χ1v) is 6.33. The lowest BCUT2D eigenvalue weighted by atomic mass is 9.95. The molecule has 0 spiro atoms. The first-order chi connectivity index (χ1) is 9.47. The Hall–Kier alpha value is -1.86. The van der Waals surface area contributed by atoms with E-state index in [4.69, 9.17) is 11.6 Å². The monoisotopic (exact) mass is 301 g/mol. The van der Waals surface area contributed by atoms with Gasteiger partial charge in [0.15, 0.2) is 0 Å². The molecule has 0 saturated carbocycles. The summed E-state index contributed by atoms with van der Waals surface area (Å²) in [5.41, 5.74) is 4.93. The number of rotatable bonds is 3. The van der Waals surface area contributed by atoms with Gasteiger partial charge in [0, 0.05) is 11.6 Å². The van der Waals surface area contributed by atoms with Crippen molar-refractivity contribution >= 4 is 29.1 Å². The lowest BCUT2D eigenvalue weighted by molar-refractivity contribution is -0.142. The maximum atomic E-state index is 13.1. The summed E-state index contributed by atoms with van der Waals surface area (Å²) < 4.78 is 13.1. The summed E-state index contributed by atoms with van der Waals surface area (Å²) in [6.45, 7) is 0.330. The molecule has 1 aromatic rings. The number of piperidine rings is 1. The third-order valence-corrected chi connectivity index (χ3v) is 3.10. The fraction of sp³-hybridized carbons (Fsp3) is 0.333. The van der Waals surface area contributed by atoms with Crippen LogP contribution in [-0.2, 0) is 9.59 Å². The van der Waals surface area contributed by atoms with Gasteiger partial charge in [-0.05, 0) is 24.6 Å². The molecular formula is C12H13ClFN3O3. The van der Waals surface area contributed by atoms with Crippen LogP contribution in [0.4, 0.5) is 10.1 Å². The average molecular weight is 302 g/mol. The minimum absolute atomic E-state index is 0.164. The maximum Gasteiger partial charge on any atom is 0.253 e. The molecule has 0 bridgehead atoms. The van der Waals surface area contributed by atoms with Crippen LogP contribution in [0.2, 0.25) is 5.02 Å². The van der Waals surface area contributed by atoms with Crippen molar-refractivity contribution in [3.63, 3.8) is 0 Å². The van der Waals surface area contributed by atoms with E-state index in [9.17, 15) is 19.1 Å². The minimum atomic E-state index is -1.19. The number of anilines is 1. The van der Waals surface area contributed by atoms with Crippen LogP contribution >= 0.6 is 11.6 Å². The second-order valence-corrected chi connectivity index (χ2v) is 4.83. The molecule has 2 unspecified atom stereocenters. The smallest absolute Gasteiger partial charge is 0.253 e. The molecule has 0 aromatic heterocycles. The summed E-state index contributed by atoms with van der Waals surface area (Å²) in [4.78, 5) is 23.4. The van der Waals surface area contributed by atoms with Gasteiger partial charge in [0.05, 0.1) is 11.8 Å². The highest BCUT2D eigenvalue weighted by molar-refractivity contribution is 6.30. The zero-order valence-corrected chi connectivity index (χ0v) is 11.1. The van der Waals surface area contributed by atoms with Gasteiger partial charge in [0.1, 0.15) is 11.7 Å². The molecule has 20 heavy (non-hydrogen) atoms. The van der Waals surface area contributed by atoms with Gasteiger partial charge in [-0.15, -0.1) is 0 Å². The van der Waals surface area contributed by atoms with Crippen LogP contribution in [0.5, 0.6) is 0 Å². The Morgan fingerprint density at radius 3 is 2.85 bits per heavy atom. The van der Waals surface area contributed by atoms with Crippen molar-refractivity contribution in [3.8, 4) is 0 Å². The molecule has 2 amide bonds. The highest BCUT2D eigenvalue weighted by Gasteiger charge is 2.36. The standard InChI is InChI=1S/C12H13ClFN3O3/c13-6-3-7(14)5-8(4-6)16-17-12(20)10-9(18)1-2-15-11(10)19/h3-5,9-10,16,18H,1-2H2,(H,15,19)(H,17,20). The molecule has 1 aliphatic rings. The van der Waals surface area contributed by atoms with Crippen molar-refractivity contribution in [2.24, 2.45) is 5.92 Å². The van der Waals surface area contributed by atoms with Gasteiger partial charge in [-0.1, -0.05) is 11.6 Å². The molecule has 6 nitrogen and oxygen atoms in total. The molecule has 108 valence electrons. The van der Waals surface area contributed by atoms with Crippen molar-refractivity contribution in [2.75, 3.05) is 12.0 Å². The highest BCUT2D eigenvalue weighted by Crippen LogP contribution is 2.18. The number of carbonyl (C=O) groups is 2. The number of halogens is 2. The Labute approximate surface area is 119 Å². The van der Waals surface area contributed by atoms with Crippen molar-refractivity contribution in [3.05, 3.63) is 29.0 Å². The van der Waals surface area contributed by atoms with E-state index in [0.29, 0.717) is 13.0 Å². The predicted octanol–water partition coefficient (Wildman–Crippen LogP) is 0.419. The number of aliphatic hydroxyl groups is 1. The second kappa shape index (κ2) is 6.06. The zero-order chi connectivity index (χ0) is 14.7. The lowest BCUT2D eigenvalue weighted by Gasteiger charge is -2.26. The molecule has 1 aliphatic heterocycles. The number of aliphatic hydroxyl groups excluding tert-OH is 1. The molecule has 2 rings (SSSR count). The van der Waals surface area contributed by atoms with Crippen molar-refractivity contribution < 1.29 is 19.1 Å². The van der Waals surface area contributed by atoms with Gasteiger partial charge in [-0.25, -0.2) is 4.39 Å². The van der Waals surface area contributed by atoms with E-state index >= 15 is 0 Å². The van der Waals surface area contributed by atoms with Crippen LogP contribution < -0.4 is 16.2 Å². The third kappa shape index (κ3) is 3.37. The van der Waals surface area contributed by atoms with Gasteiger partial charge in [0.2, 0.25) is 5.91 Å². The molecule has 1 heterocycles. The van der Waals surface area contributed by atoms with E-state index in [-0.39, 0.29) is 10.7 Å². The Bertz CT molecular complexity index is 520. The molecule has 0 radical (unpaired) electrons. The Morgan fingerprint density at radius 1 is 1.45 bits per heavy atom. The summed E-state index contributed by atoms with van der Waals surface area (Å²) >= 11 is 5.66. The first-order valence-electron chi connectivity index (χ1n) is 5.95. The normalized spacial score (nSPS) is 22.1. The van der Waals surface area contributed by atoms with Gasteiger partial charge in [0.25, 0.3) is 5.91 Å². The summed E-state index contributed by atoms with van der Waals surface area (Å²) in [7, 11) is 0. The van der Waals surface area contributed by atoms with Crippen LogP contribution in [0.25, 0.3) is 0 Å². The molecule has 2 atom stereocenters. The Balaban J connectivity index is 1.99. The van der Waals surface area contributed by atoms with Gasteiger partial charge in [-0.3, -0.25) is 20.4 Å². The Kier molecular flexibility index (Phi) is 4.41. The molecular weight excluding hydrogens is 289 g/mol. The number of hydrogen-bond donors (Lipinski definition) is 4. The van der Waals surface area contributed by atoms with E-state index in [1.54, 1.807) is 0 Å². The number of nitrogens with one attached hydrogen (secondary N) is 3. The van der Waals surface area contributed by atoms with Crippen LogP contribution in [-0.4, -0.2) is 29.6 Å². The molecule has 4 N–H and O–H groups in total. The molecule has 8 heteroatoms. The quantitative estimate of drug-likeness (QED) is 0.481. The van der Waals surface area contributed by atoms with Gasteiger partial charge >= 0.3 is 0 Å². The Morgan fingerprint density at radius 2 is 2.20 bits per heavy atom. The topological polar surface area (TPSA) is 90.5 Å². The fourth-order valence-electron chi connectivity index (χ4n) is 1.93. The van der Waals surface area contributed by atoms with Crippen LogP contribution in [0.1, 0.15) is 6.42 Å². The van der Waals surface area contributed by atoms with E-state index in [1.165, 1.54) is 6.07 Å². The van der Waals surface area contributed by atoms with Crippen LogP contribution in [0, 0.1) is 11.7 Å². The molecule has 1 aromatic carbocycles. The summed E-state index contributed by atoms with van der Waals surface area (Å²) in [5.74, 6) is -3.00. The van der Waals surface area contributed by atoms with Crippen LogP contribution in [0.3, 0.4) is 0 Å². The van der Waals surface area contributed by atoms with Crippen molar-refractivity contribution in [1.29, 1.82) is 0 Å². The summed E-state index contributed by atoms with van der Waals surface area (Å²) in [5, 5.41) is 12.3. The SMILES string of the molecule is O=C1NCCC(O)C1C(=O)NNc1cc(F)cc(Cl)c1. The predicted molar refractivity (Wildman–Crippen MR) is 70.3 cm³/mol. The van der Waals surface area contributed by atoms with Gasteiger partial charge in [-0.2, -0.15) is 0 Å². The first kappa shape index (κ1) is 14.5. The van der Waals surface area contributed by atoms with E-state index < -0.39 is 29.7 Å². The number of hydrazine groups is 1. The number of amides is 2. The molecule has 1 saturated heterocycles. The van der Waals surface area contributed by atoms with E-state index in [0.717, 1.165) is 12.1 Å². The molecule has 0 aliphatic carbocycles. The highest BCUT2D eigenvalue weighted by atomic mass is 35.5. The minimum Gasteiger partial charge on any atom is -0.392 e. The number of benzene rings is 1. The van der Waals surface area contributed by atoms with E-state index in [1.807, 2.05) is 0 Å². The average Bonchev–Trinajstić information content (AvgIpc) is 2.35.